The second-order valence-corrected chi connectivity index (χ2v) is 14.6. The summed E-state index contributed by atoms with van der Waals surface area (Å²) in [7, 11) is -4.21. The average Bonchev–Trinajstić information content (AvgIpc) is 3.57. The molecular formula is C30H36ClN5O7S2. The highest BCUT2D eigenvalue weighted by atomic mass is 35.5. The number of aryl methyl sites for hydroxylation is 1. The molecule has 0 saturated heterocycles. The van der Waals surface area contributed by atoms with Gasteiger partial charge in [0.2, 0.25) is 5.78 Å². The maximum Gasteiger partial charge on any atom is 0.333 e. The number of thiophene rings is 1. The average molecular weight is 678 g/mol. The summed E-state index contributed by atoms with van der Waals surface area (Å²) < 4.78 is 39.7. The van der Waals surface area contributed by atoms with Crippen molar-refractivity contribution in [3.8, 4) is 0 Å². The monoisotopic (exact) mass is 677 g/mol. The minimum absolute atomic E-state index is 0.153. The number of aromatic nitrogens is 2. The van der Waals surface area contributed by atoms with Gasteiger partial charge in [0.05, 0.1) is 23.7 Å². The number of halogens is 1. The van der Waals surface area contributed by atoms with Crippen LogP contribution in [0.5, 0.6) is 0 Å². The number of benzene rings is 1. The fourth-order valence-electron chi connectivity index (χ4n) is 5.68. The van der Waals surface area contributed by atoms with Crippen molar-refractivity contribution >= 4 is 50.8 Å². The Balaban J connectivity index is 1.35. The third kappa shape index (κ3) is 7.88. The van der Waals surface area contributed by atoms with Gasteiger partial charge in [-0.1, -0.05) is 31.5 Å². The topological polar surface area (TPSA) is 186 Å². The minimum Gasteiger partial charge on any atom is -0.461 e. The number of ketones is 1. The molecule has 0 bridgehead atoms. The van der Waals surface area contributed by atoms with Crippen LogP contribution >= 0.6 is 22.9 Å². The Kier molecular flexibility index (Phi) is 10.2. The van der Waals surface area contributed by atoms with Gasteiger partial charge in [-0.15, -0.1) is 11.3 Å². The van der Waals surface area contributed by atoms with Gasteiger partial charge in [0.1, 0.15) is 30.4 Å². The first-order valence-corrected chi connectivity index (χ1v) is 17.2. The second-order valence-electron chi connectivity index (χ2n) is 11.7. The molecule has 1 unspecified atom stereocenters. The van der Waals surface area contributed by atoms with Crippen molar-refractivity contribution in [3.05, 3.63) is 73.8 Å². The molecule has 1 fully saturated rings. The molecule has 0 radical (unpaired) electrons. The molecule has 3 aromatic rings. The summed E-state index contributed by atoms with van der Waals surface area (Å²) in [5.41, 5.74) is 9.29. The Bertz CT molecular complexity index is 1680. The molecule has 2 aromatic heterocycles. The van der Waals surface area contributed by atoms with Crippen molar-refractivity contribution < 1.29 is 31.7 Å². The molecule has 1 aliphatic heterocycles. The Hall–Kier alpha value is -2.98. The number of esters is 1. The Labute approximate surface area is 271 Å². The Morgan fingerprint density at radius 2 is 2.00 bits per heavy atom. The lowest BCUT2D eigenvalue weighted by Gasteiger charge is -2.26. The van der Waals surface area contributed by atoms with E-state index < -0.39 is 34.3 Å². The van der Waals surface area contributed by atoms with Crippen molar-refractivity contribution in [2.24, 2.45) is 22.7 Å². The number of hydrogen-bond donors (Lipinski definition) is 3. The number of anilines is 1. The molecule has 45 heavy (non-hydrogen) atoms. The molecule has 1 aromatic carbocycles. The van der Waals surface area contributed by atoms with Crippen LogP contribution in [-0.4, -0.2) is 61.5 Å². The first-order chi connectivity index (χ1) is 21.3. The van der Waals surface area contributed by atoms with Crippen LogP contribution in [0.15, 0.2) is 36.8 Å². The standard InChI is InChI=1S/C30H36ClN5O7S2/c1-15(2)26(32)30(38)43-24-10-20(8-18(24)13-42-45(33,39)40)36-29-23(12-34-14-35-29)27(37)25-11-21(16(3)44-25)28-22-9-19(31)5-4-17(22)6-7-41-28/h4-5,9,11-12,14-15,18,20,24,26,28H,6-8,10,13,32H2,1-3H3,(H2,33,39,40)(H,34,35,36)/t18?,20-,24+,26+,28+/m1/s1. The predicted octanol–water partition coefficient (Wildman–Crippen LogP) is 3.70. The van der Waals surface area contributed by atoms with Crippen molar-refractivity contribution in [3.63, 3.8) is 0 Å². The zero-order valence-corrected chi connectivity index (χ0v) is 27.5. The number of nitrogens with two attached hydrogens (primary N) is 2. The zero-order valence-electron chi connectivity index (χ0n) is 25.1. The van der Waals surface area contributed by atoms with E-state index in [1.807, 2.05) is 31.2 Å². The molecule has 15 heteroatoms. The number of fused-ring (bicyclic) bond motifs is 1. The van der Waals surface area contributed by atoms with Gasteiger partial charge in [-0.3, -0.25) is 13.8 Å². The number of rotatable bonds is 11. The smallest absolute Gasteiger partial charge is 0.333 e. The highest BCUT2D eigenvalue weighted by Crippen LogP contribution is 2.39. The fraction of sp³-hybridized carbons (Fsp3) is 0.467. The summed E-state index contributed by atoms with van der Waals surface area (Å²) in [6, 6.07) is 6.46. The van der Waals surface area contributed by atoms with E-state index in [9.17, 15) is 18.0 Å². The van der Waals surface area contributed by atoms with E-state index in [1.165, 1.54) is 23.9 Å². The summed E-state index contributed by atoms with van der Waals surface area (Å²) in [5, 5.41) is 8.95. The molecular weight excluding hydrogens is 642 g/mol. The highest BCUT2D eigenvalue weighted by Gasteiger charge is 2.39. The van der Waals surface area contributed by atoms with E-state index >= 15 is 0 Å². The van der Waals surface area contributed by atoms with Gasteiger partial charge in [-0.05, 0) is 60.6 Å². The van der Waals surface area contributed by atoms with Crippen LogP contribution in [0.1, 0.15) is 69.6 Å². The normalized spacial score (nSPS) is 22.2. The van der Waals surface area contributed by atoms with Crippen LogP contribution in [0.2, 0.25) is 5.02 Å². The van der Waals surface area contributed by atoms with E-state index in [0.717, 1.165) is 28.0 Å². The van der Waals surface area contributed by atoms with Crippen molar-refractivity contribution in [1.82, 2.24) is 9.97 Å². The molecule has 3 heterocycles. The summed E-state index contributed by atoms with van der Waals surface area (Å²) >= 11 is 7.66. The maximum atomic E-state index is 13.9. The van der Waals surface area contributed by atoms with E-state index in [0.29, 0.717) is 35.2 Å². The van der Waals surface area contributed by atoms with E-state index in [2.05, 4.69) is 15.3 Å². The molecule has 0 spiro atoms. The van der Waals surface area contributed by atoms with Gasteiger partial charge in [-0.25, -0.2) is 15.1 Å². The van der Waals surface area contributed by atoms with E-state index in [4.69, 9.17) is 36.1 Å². The first-order valence-electron chi connectivity index (χ1n) is 14.6. The van der Waals surface area contributed by atoms with Crippen LogP contribution in [0.3, 0.4) is 0 Å². The predicted molar refractivity (Wildman–Crippen MR) is 169 cm³/mol. The van der Waals surface area contributed by atoms with Crippen LogP contribution in [0.4, 0.5) is 5.82 Å². The van der Waals surface area contributed by atoms with E-state index in [-0.39, 0.29) is 36.0 Å². The Morgan fingerprint density at radius 3 is 2.73 bits per heavy atom. The summed E-state index contributed by atoms with van der Waals surface area (Å²) in [6.45, 7) is 5.83. The van der Waals surface area contributed by atoms with Gasteiger partial charge >= 0.3 is 16.3 Å². The molecule has 0 amide bonds. The second kappa shape index (κ2) is 13.8. The van der Waals surface area contributed by atoms with Gasteiger partial charge < -0.3 is 20.5 Å². The molecule has 1 saturated carbocycles. The molecule has 12 nitrogen and oxygen atoms in total. The zero-order chi connectivity index (χ0) is 32.5. The van der Waals surface area contributed by atoms with Gasteiger partial charge in [0.15, 0.2) is 0 Å². The van der Waals surface area contributed by atoms with E-state index in [1.54, 1.807) is 13.8 Å². The van der Waals surface area contributed by atoms with Gasteiger partial charge in [0, 0.05) is 34.5 Å². The summed E-state index contributed by atoms with van der Waals surface area (Å²) in [6.07, 6.45) is 3.19. The molecule has 1 aliphatic carbocycles. The number of nitrogens with zero attached hydrogens (tertiary/aromatic N) is 2. The minimum atomic E-state index is -4.21. The van der Waals surface area contributed by atoms with Crippen molar-refractivity contribution in [2.45, 2.75) is 64.3 Å². The third-order valence-electron chi connectivity index (χ3n) is 8.14. The lowest BCUT2D eigenvalue weighted by atomic mass is 9.93. The number of nitrogens with one attached hydrogen (secondary N) is 1. The first kappa shape index (κ1) is 33.4. The van der Waals surface area contributed by atoms with Crippen molar-refractivity contribution in [2.75, 3.05) is 18.5 Å². The highest BCUT2D eigenvalue weighted by molar-refractivity contribution is 7.84. The number of ether oxygens (including phenoxy) is 2. The lowest BCUT2D eigenvalue weighted by Crippen LogP contribution is -2.40. The largest absolute Gasteiger partial charge is 0.461 e. The third-order valence-corrected chi connectivity index (χ3v) is 9.91. The van der Waals surface area contributed by atoms with Gasteiger partial charge in [-0.2, -0.15) is 8.42 Å². The molecule has 5 atom stereocenters. The number of carbonyl (C=O) groups excluding carboxylic acids is 2. The van der Waals surface area contributed by atoms with Crippen LogP contribution in [-0.2, 0) is 35.2 Å². The quantitative estimate of drug-likeness (QED) is 0.198. The maximum absolute atomic E-state index is 13.9. The SMILES string of the molecule is Cc1sc(C(=O)c2cncnc2N[C@@H]2CC(COS(N)(=O)=O)[C@@H](OC(=O)[C@@H](N)C(C)C)C2)cc1[C@@H]1OCCc2ccc(Cl)cc21. The van der Waals surface area contributed by atoms with Crippen LogP contribution < -0.4 is 16.2 Å². The summed E-state index contributed by atoms with van der Waals surface area (Å²) in [5.74, 6) is -1.21. The number of hydrogen-bond acceptors (Lipinski definition) is 12. The number of carbonyl (C=O) groups is 2. The van der Waals surface area contributed by atoms with Crippen LogP contribution in [0.25, 0.3) is 0 Å². The lowest BCUT2D eigenvalue weighted by molar-refractivity contribution is -0.153. The molecule has 242 valence electrons. The van der Waals surface area contributed by atoms with Crippen LogP contribution in [0, 0.1) is 18.8 Å². The summed E-state index contributed by atoms with van der Waals surface area (Å²) in [4.78, 5) is 36.4. The van der Waals surface area contributed by atoms with Crippen molar-refractivity contribution in [1.29, 1.82) is 0 Å². The Morgan fingerprint density at radius 1 is 1.22 bits per heavy atom. The fourth-order valence-corrected chi connectivity index (χ4v) is 7.23. The molecule has 5 rings (SSSR count). The molecule has 2 aliphatic rings. The molecule has 5 N–H and O–H groups in total. The van der Waals surface area contributed by atoms with Gasteiger partial charge in [0.25, 0.3) is 0 Å².